The predicted octanol–water partition coefficient (Wildman–Crippen LogP) is 3.69. The van der Waals surface area contributed by atoms with Gasteiger partial charge in [0.15, 0.2) is 5.82 Å². The molecule has 0 aliphatic carbocycles. The number of methoxy groups -OCH3 is 1. The van der Waals surface area contributed by atoms with E-state index in [1.54, 1.807) is 7.11 Å². The van der Waals surface area contributed by atoms with Crippen LogP contribution >= 0.6 is 0 Å². The highest BCUT2D eigenvalue weighted by Crippen LogP contribution is 2.31. The molecule has 6 nitrogen and oxygen atoms in total. The number of nitrogens with zero attached hydrogens (tertiary/aromatic N) is 5. The van der Waals surface area contributed by atoms with Gasteiger partial charge >= 0.3 is 0 Å². The number of ether oxygens (including phenoxy) is 1. The zero-order chi connectivity index (χ0) is 20.2. The van der Waals surface area contributed by atoms with Crippen molar-refractivity contribution < 1.29 is 9.13 Å². The molecule has 2 heterocycles. The van der Waals surface area contributed by atoms with Crippen LogP contribution < -0.4 is 4.74 Å². The summed E-state index contributed by atoms with van der Waals surface area (Å²) in [5.74, 6) is 2.08. The van der Waals surface area contributed by atoms with Crippen molar-refractivity contribution in [2.75, 3.05) is 20.2 Å². The molecule has 0 spiro atoms. The molecule has 0 bridgehead atoms. The number of hydrogen-bond acceptors (Lipinski definition) is 5. The molecule has 1 saturated heterocycles. The molecule has 0 radical (unpaired) electrons. The second-order valence-corrected chi connectivity index (χ2v) is 7.72. The molecule has 4 rings (SSSR count). The molecule has 1 aliphatic heterocycles. The lowest BCUT2D eigenvalue weighted by molar-refractivity contribution is 0.150. The summed E-state index contributed by atoms with van der Waals surface area (Å²) in [6.07, 6.45) is 2.27. The maximum Gasteiger partial charge on any atom is 0.173 e. The van der Waals surface area contributed by atoms with Crippen molar-refractivity contribution in [3.63, 3.8) is 0 Å². The first-order valence-electron chi connectivity index (χ1n) is 10.0. The van der Waals surface area contributed by atoms with Gasteiger partial charge in [-0.25, -0.2) is 9.07 Å². The minimum absolute atomic E-state index is 0.101. The van der Waals surface area contributed by atoms with Gasteiger partial charge in [-0.05, 0) is 77.7 Å². The molecule has 1 fully saturated rings. The molecule has 1 aliphatic rings. The molecule has 152 valence electrons. The van der Waals surface area contributed by atoms with Crippen molar-refractivity contribution in [2.24, 2.45) is 5.92 Å². The van der Waals surface area contributed by atoms with E-state index < -0.39 is 0 Å². The Morgan fingerprint density at radius 3 is 2.41 bits per heavy atom. The Balaban J connectivity index is 1.65. The highest BCUT2D eigenvalue weighted by atomic mass is 19.1. The second-order valence-electron chi connectivity index (χ2n) is 7.72. The molecule has 7 heteroatoms. The van der Waals surface area contributed by atoms with Gasteiger partial charge in [-0.3, -0.25) is 4.90 Å². The van der Waals surface area contributed by atoms with E-state index in [0.29, 0.717) is 6.54 Å². The smallest absolute Gasteiger partial charge is 0.173 e. The summed E-state index contributed by atoms with van der Waals surface area (Å²) in [5, 5.41) is 12.6. The second kappa shape index (κ2) is 8.69. The average Bonchev–Trinajstić information content (AvgIpc) is 3.19. The molecular formula is C22H26FN5O. The molecule has 1 aromatic heterocycles. The maximum atomic E-state index is 13.5. The van der Waals surface area contributed by atoms with Crippen LogP contribution in [0.2, 0.25) is 0 Å². The zero-order valence-electron chi connectivity index (χ0n) is 16.8. The van der Waals surface area contributed by atoms with Gasteiger partial charge in [0.2, 0.25) is 0 Å². The first-order chi connectivity index (χ1) is 14.1. The van der Waals surface area contributed by atoms with Crippen molar-refractivity contribution in [3.05, 3.63) is 71.3 Å². The van der Waals surface area contributed by atoms with Crippen LogP contribution in [-0.4, -0.2) is 45.3 Å². The quantitative estimate of drug-likeness (QED) is 0.637. The summed E-state index contributed by atoms with van der Waals surface area (Å²) in [5.41, 5.74) is 2.09. The van der Waals surface area contributed by atoms with Crippen molar-refractivity contribution in [1.82, 2.24) is 25.1 Å². The number of aromatic nitrogens is 4. The van der Waals surface area contributed by atoms with Gasteiger partial charge in [0.1, 0.15) is 11.6 Å². The summed E-state index contributed by atoms with van der Waals surface area (Å²) in [6, 6.07) is 14.5. The molecule has 29 heavy (non-hydrogen) atoms. The van der Waals surface area contributed by atoms with Crippen LogP contribution in [0.1, 0.15) is 42.8 Å². The van der Waals surface area contributed by atoms with Gasteiger partial charge in [-0.2, -0.15) is 0 Å². The van der Waals surface area contributed by atoms with Gasteiger partial charge in [0.05, 0.1) is 19.7 Å². The van der Waals surface area contributed by atoms with Crippen LogP contribution in [0.25, 0.3) is 0 Å². The van der Waals surface area contributed by atoms with Crippen LogP contribution in [0.4, 0.5) is 4.39 Å². The van der Waals surface area contributed by atoms with Crippen LogP contribution in [0, 0.1) is 11.7 Å². The third kappa shape index (κ3) is 4.45. The van der Waals surface area contributed by atoms with Gasteiger partial charge in [-0.1, -0.05) is 31.2 Å². The van der Waals surface area contributed by atoms with Crippen LogP contribution in [0.15, 0.2) is 48.5 Å². The number of likely N-dealkylation sites (tertiary alicyclic amines) is 1. The standard InChI is InChI=1S/C22H26FN5O/c1-16-11-13-27(14-12-16)21(18-5-7-19(23)8-6-18)22-24-25-26-28(22)15-17-3-9-20(29-2)10-4-17/h3-10,16,21H,11-15H2,1-2H3. The van der Waals surface area contributed by atoms with Crippen LogP contribution in [0.3, 0.4) is 0 Å². The van der Waals surface area contributed by atoms with E-state index in [1.165, 1.54) is 12.1 Å². The molecule has 0 amide bonds. The predicted molar refractivity (Wildman–Crippen MR) is 108 cm³/mol. The summed E-state index contributed by atoms with van der Waals surface area (Å²) in [7, 11) is 1.65. The van der Waals surface area contributed by atoms with E-state index >= 15 is 0 Å². The average molecular weight is 395 g/mol. The number of rotatable bonds is 6. The van der Waals surface area contributed by atoms with Crippen LogP contribution in [-0.2, 0) is 6.54 Å². The minimum Gasteiger partial charge on any atom is -0.497 e. The lowest BCUT2D eigenvalue weighted by Gasteiger charge is -2.36. The van der Waals surface area contributed by atoms with E-state index in [-0.39, 0.29) is 11.9 Å². The zero-order valence-corrected chi connectivity index (χ0v) is 16.8. The summed E-state index contributed by atoms with van der Waals surface area (Å²) >= 11 is 0. The Morgan fingerprint density at radius 2 is 1.76 bits per heavy atom. The van der Waals surface area contributed by atoms with Gasteiger partial charge in [-0.15, -0.1) is 5.10 Å². The van der Waals surface area contributed by atoms with Gasteiger partial charge < -0.3 is 4.74 Å². The first-order valence-corrected chi connectivity index (χ1v) is 10.0. The van der Waals surface area contributed by atoms with E-state index in [0.717, 1.165) is 54.5 Å². The molecule has 1 unspecified atom stereocenters. The van der Waals surface area contributed by atoms with Crippen molar-refractivity contribution >= 4 is 0 Å². The van der Waals surface area contributed by atoms with Gasteiger partial charge in [0.25, 0.3) is 0 Å². The fourth-order valence-electron chi connectivity index (χ4n) is 3.88. The number of hydrogen-bond donors (Lipinski definition) is 0. The van der Waals surface area contributed by atoms with Crippen molar-refractivity contribution in [3.8, 4) is 5.75 Å². The fraction of sp³-hybridized carbons (Fsp3) is 0.409. The molecule has 2 aromatic carbocycles. The SMILES string of the molecule is COc1ccc(Cn2nnnc2C(c2ccc(F)cc2)N2CCC(C)CC2)cc1. The minimum atomic E-state index is -0.238. The molecule has 3 aromatic rings. The van der Waals surface area contributed by atoms with E-state index in [2.05, 4.69) is 27.3 Å². The van der Waals surface area contributed by atoms with Crippen molar-refractivity contribution in [2.45, 2.75) is 32.4 Å². The Labute approximate surface area is 170 Å². The van der Waals surface area contributed by atoms with E-state index in [1.807, 2.05) is 41.1 Å². The molecular weight excluding hydrogens is 369 g/mol. The Hall–Kier alpha value is -2.80. The monoisotopic (exact) mass is 395 g/mol. The lowest BCUT2D eigenvalue weighted by atomic mass is 9.95. The summed E-state index contributed by atoms with van der Waals surface area (Å²) in [6.45, 7) is 4.80. The topological polar surface area (TPSA) is 56.1 Å². The van der Waals surface area contributed by atoms with Crippen LogP contribution in [0.5, 0.6) is 5.75 Å². The van der Waals surface area contributed by atoms with E-state index in [4.69, 9.17) is 4.74 Å². The van der Waals surface area contributed by atoms with E-state index in [9.17, 15) is 4.39 Å². The molecule has 1 atom stereocenters. The first kappa shape index (κ1) is 19.5. The maximum absolute atomic E-state index is 13.5. The lowest BCUT2D eigenvalue weighted by Crippen LogP contribution is -2.38. The fourth-order valence-corrected chi connectivity index (χ4v) is 3.88. The Morgan fingerprint density at radius 1 is 1.07 bits per heavy atom. The number of halogens is 1. The summed E-state index contributed by atoms with van der Waals surface area (Å²) < 4.78 is 20.6. The number of tetrazole rings is 1. The van der Waals surface area contributed by atoms with Crippen molar-refractivity contribution in [1.29, 1.82) is 0 Å². The highest BCUT2D eigenvalue weighted by Gasteiger charge is 2.30. The molecule has 0 N–H and O–H groups in total. The third-order valence-corrected chi connectivity index (χ3v) is 5.66. The largest absolute Gasteiger partial charge is 0.497 e. The summed E-state index contributed by atoms with van der Waals surface area (Å²) in [4.78, 5) is 2.41. The third-order valence-electron chi connectivity index (χ3n) is 5.66. The Bertz CT molecular complexity index is 917. The number of piperidine rings is 1. The molecule has 0 saturated carbocycles. The Kier molecular flexibility index (Phi) is 5.85. The highest BCUT2D eigenvalue weighted by molar-refractivity contribution is 5.28. The normalized spacial score (nSPS) is 16.7. The number of benzene rings is 2. The van der Waals surface area contributed by atoms with Gasteiger partial charge in [0, 0.05) is 0 Å².